The molecule has 0 aliphatic carbocycles. The van der Waals surface area contributed by atoms with E-state index in [-0.39, 0.29) is 16.6 Å². The molecule has 0 aromatic heterocycles. The molecule has 0 heterocycles. The summed E-state index contributed by atoms with van der Waals surface area (Å²) in [4.78, 5) is 0. The largest absolute Gasteiger partial charge is 0.573 e. The summed E-state index contributed by atoms with van der Waals surface area (Å²) in [5.41, 5.74) is 5.57. The van der Waals surface area contributed by atoms with Crippen molar-refractivity contribution in [2.24, 2.45) is 0 Å². The fourth-order valence-corrected chi connectivity index (χ4v) is 1.65. The van der Waals surface area contributed by atoms with Gasteiger partial charge in [-0.05, 0) is 18.2 Å². The molecule has 102 valence electrons. The highest BCUT2D eigenvalue weighted by Crippen LogP contribution is 2.30. The molecule has 1 rings (SSSR count). The van der Waals surface area contributed by atoms with Gasteiger partial charge in [-0.1, -0.05) is 15.9 Å². The Kier molecular flexibility index (Phi) is 4.83. The highest BCUT2D eigenvalue weighted by Gasteiger charge is 2.31. The molecule has 0 amide bonds. The molecular formula is C10H11BrF3NO3. The zero-order chi connectivity index (χ0) is 13.9. The van der Waals surface area contributed by atoms with Crippen molar-refractivity contribution in [1.29, 1.82) is 0 Å². The zero-order valence-corrected chi connectivity index (χ0v) is 10.6. The minimum Gasteiger partial charge on any atom is -0.406 e. The van der Waals surface area contributed by atoms with Gasteiger partial charge in [-0.15, -0.1) is 13.2 Å². The maximum Gasteiger partial charge on any atom is 0.573 e. The molecule has 4 nitrogen and oxygen atoms in total. The van der Waals surface area contributed by atoms with E-state index in [4.69, 9.17) is 5.73 Å². The normalized spacial score (nSPS) is 15.2. The molecule has 0 radical (unpaired) electrons. The number of hydrogen-bond donors (Lipinski definition) is 3. The van der Waals surface area contributed by atoms with Gasteiger partial charge in [0, 0.05) is 16.6 Å². The number of anilines is 1. The second kappa shape index (κ2) is 5.77. The van der Waals surface area contributed by atoms with Gasteiger partial charge in [0.1, 0.15) is 11.9 Å². The molecular weight excluding hydrogens is 319 g/mol. The van der Waals surface area contributed by atoms with E-state index in [0.29, 0.717) is 0 Å². The molecule has 0 aliphatic heterocycles. The first kappa shape index (κ1) is 15.1. The molecule has 0 bridgehead atoms. The third-order valence-electron chi connectivity index (χ3n) is 2.13. The van der Waals surface area contributed by atoms with Crippen molar-refractivity contribution in [2.45, 2.75) is 18.6 Å². The molecule has 1 aromatic rings. The Morgan fingerprint density at radius 3 is 2.44 bits per heavy atom. The van der Waals surface area contributed by atoms with Crippen molar-refractivity contribution in [3.8, 4) is 5.75 Å². The van der Waals surface area contributed by atoms with Crippen LogP contribution in [0.25, 0.3) is 0 Å². The second-order valence-corrected chi connectivity index (χ2v) is 4.15. The topological polar surface area (TPSA) is 75.7 Å². The Labute approximate surface area is 109 Å². The van der Waals surface area contributed by atoms with Crippen molar-refractivity contribution in [3.63, 3.8) is 0 Å². The number of hydrogen-bond acceptors (Lipinski definition) is 4. The van der Waals surface area contributed by atoms with Crippen LogP contribution in [-0.2, 0) is 0 Å². The van der Waals surface area contributed by atoms with Gasteiger partial charge in [-0.2, -0.15) is 0 Å². The molecule has 8 heteroatoms. The van der Waals surface area contributed by atoms with Gasteiger partial charge in [-0.25, -0.2) is 0 Å². The highest BCUT2D eigenvalue weighted by atomic mass is 79.9. The summed E-state index contributed by atoms with van der Waals surface area (Å²) in [7, 11) is 0. The second-order valence-electron chi connectivity index (χ2n) is 3.51. The van der Waals surface area contributed by atoms with Gasteiger partial charge in [0.2, 0.25) is 0 Å². The minimum absolute atomic E-state index is 0.0244. The lowest BCUT2D eigenvalue weighted by Gasteiger charge is -2.19. The van der Waals surface area contributed by atoms with Crippen LogP contribution < -0.4 is 10.5 Å². The number of ether oxygens (including phenoxy) is 1. The van der Waals surface area contributed by atoms with Crippen molar-refractivity contribution in [1.82, 2.24) is 0 Å². The first-order valence-corrected chi connectivity index (χ1v) is 5.94. The maximum absolute atomic E-state index is 12.0. The van der Waals surface area contributed by atoms with E-state index in [9.17, 15) is 23.4 Å². The van der Waals surface area contributed by atoms with Crippen LogP contribution >= 0.6 is 15.9 Å². The predicted octanol–water partition coefficient (Wildman–Crippen LogP) is 1.96. The van der Waals surface area contributed by atoms with Gasteiger partial charge in [-0.3, -0.25) is 0 Å². The lowest BCUT2D eigenvalue weighted by Crippen LogP contribution is -2.21. The van der Waals surface area contributed by atoms with E-state index in [2.05, 4.69) is 20.7 Å². The van der Waals surface area contributed by atoms with Crippen LogP contribution in [0, 0.1) is 0 Å². The smallest absolute Gasteiger partial charge is 0.406 e. The molecule has 4 N–H and O–H groups in total. The third kappa shape index (κ3) is 4.04. The van der Waals surface area contributed by atoms with E-state index in [0.717, 1.165) is 12.1 Å². The Morgan fingerprint density at radius 2 is 1.94 bits per heavy atom. The van der Waals surface area contributed by atoms with Crippen LogP contribution in [0.5, 0.6) is 5.75 Å². The van der Waals surface area contributed by atoms with E-state index < -0.39 is 24.3 Å². The number of nitrogen functional groups attached to an aromatic ring is 1. The van der Waals surface area contributed by atoms with Gasteiger partial charge >= 0.3 is 6.36 Å². The standard InChI is InChI=1S/C10H11BrF3NO3/c11-4-8(16)9(17)6-3-5(1-2-7(6)15)18-10(12,13)14/h1-3,8-9,16-17H,4,15H2. The predicted molar refractivity (Wildman–Crippen MR) is 62.3 cm³/mol. The molecule has 0 aliphatic rings. The summed E-state index contributed by atoms with van der Waals surface area (Å²) in [6.07, 6.45) is -7.42. The van der Waals surface area contributed by atoms with Crippen molar-refractivity contribution >= 4 is 21.6 Å². The number of alkyl halides is 4. The molecule has 0 fully saturated rings. The Morgan fingerprint density at radius 1 is 1.33 bits per heavy atom. The van der Waals surface area contributed by atoms with Crippen LogP contribution in [-0.4, -0.2) is 28.0 Å². The Balaban J connectivity index is 3.01. The van der Waals surface area contributed by atoms with Gasteiger partial charge in [0.25, 0.3) is 0 Å². The van der Waals surface area contributed by atoms with Crippen LogP contribution in [0.4, 0.5) is 18.9 Å². The Bertz CT molecular complexity index is 414. The van der Waals surface area contributed by atoms with Crippen LogP contribution in [0.3, 0.4) is 0 Å². The quantitative estimate of drug-likeness (QED) is 0.583. The fraction of sp³-hybridized carbons (Fsp3) is 0.400. The van der Waals surface area contributed by atoms with Crippen LogP contribution in [0.1, 0.15) is 11.7 Å². The molecule has 0 saturated heterocycles. The molecule has 0 spiro atoms. The number of benzene rings is 1. The van der Waals surface area contributed by atoms with E-state index in [1.165, 1.54) is 6.07 Å². The molecule has 18 heavy (non-hydrogen) atoms. The average Bonchev–Trinajstić information content (AvgIpc) is 2.28. The zero-order valence-electron chi connectivity index (χ0n) is 8.99. The van der Waals surface area contributed by atoms with Gasteiger partial charge in [0.05, 0.1) is 6.10 Å². The van der Waals surface area contributed by atoms with Gasteiger partial charge in [0.15, 0.2) is 0 Å². The monoisotopic (exact) mass is 329 g/mol. The molecule has 2 unspecified atom stereocenters. The summed E-state index contributed by atoms with van der Waals surface area (Å²) in [6, 6.07) is 3.14. The summed E-state index contributed by atoms with van der Waals surface area (Å²) in [5, 5.41) is 19.2. The summed E-state index contributed by atoms with van der Waals surface area (Å²) < 4.78 is 39.8. The fourth-order valence-electron chi connectivity index (χ4n) is 1.30. The first-order valence-electron chi connectivity index (χ1n) is 4.82. The minimum atomic E-state index is -4.83. The lowest BCUT2D eigenvalue weighted by atomic mass is 10.0. The SMILES string of the molecule is Nc1ccc(OC(F)(F)F)cc1C(O)C(O)CBr. The average molecular weight is 330 g/mol. The number of halogens is 4. The number of nitrogens with two attached hydrogens (primary N) is 1. The molecule has 2 atom stereocenters. The van der Waals surface area contributed by atoms with Gasteiger partial charge < -0.3 is 20.7 Å². The maximum atomic E-state index is 12.0. The van der Waals surface area contributed by atoms with Crippen molar-refractivity contribution in [3.05, 3.63) is 23.8 Å². The summed E-state index contributed by atoms with van der Waals surface area (Å²) >= 11 is 2.94. The molecule has 1 aromatic carbocycles. The van der Waals surface area contributed by atoms with E-state index in [1.54, 1.807) is 0 Å². The van der Waals surface area contributed by atoms with E-state index >= 15 is 0 Å². The first-order chi connectivity index (χ1) is 8.24. The number of aliphatic hydroxyl groups is 2. The highest BCUT2D eigenvalue weighted by molar-refractivity contribution is 9.09. The van der Waals surface area contributed by atoms with Crippen molar-refractivity contribution in [2.75, 3.05) is 11.1 Å². The number of rotatable bonds is 4. The number of aliphatic hydroxyl groups excluding tert-OH is 2. The molecule has 0 saturated carbocycles. The van der Waals surface area contributed by atoms with Crippen LogP contribution in [0.15, 0.2) is 18.2 Å². The van der Waals surface area contributed by atoms with Crippen molar-refractivity contribution < 1.29 is 28.1 Å². The Hall–Kier alpha value is -0.990. The summed E-state index contributed by atoms with van der Waals surface area (Å²) in [6.45, 7) is 0. The van der Waals surface area contributed by atoms with E-state index in [1.807, 2.05) is 0 Å². The third-order valence-corrected chi connectivity index (χ3v) is 2.80. The lowest BCUT2D eigenvalue weighted by molar-refractivity contribution is -0.274. The summed E-state index contributed by atoms with van der Waals surface area (Å²) in [5.74, 6) is -0.507. The van der Waals surface area contributed by atoms with Crippen LogP contribution in [0.2, 0.25) is 0 Å².